The van der Waals surface area contributed by atoms with Crippen LogP contribution < -0.4 is 10.6 Å². The van der Waals surface area contributed by atoms with Gasteiger partial charge in [-0.15, -0.1) is 0 Å². The van der Waals surface area contributed by atoms with Gasteiger partial charge in [-0.1, -0.05) is 12.1 Å². The molecule has 0 bridgehead atoms. The van der Waals surface area contributed by atoms with Gasteiger partial charge in [-0.2, -0.15) is 39.5 Å². The first-order valence-corrected chi connectivity index (χ1v) is 10.5. The van der Waals surface area contributed by atoms with Crippen LogP contribution in [0.15, 0.2) is 42.5 Å². The number of anilines is 1. The SMILES string of the molecule is CC(C)(C)OC(=O)NCc1ccc(NC[C@](O)(c2cc(C(F)(F)F)cc(C(F)(F)F)c2)C(F)(F)F)cc1. The van der Waals surface area contributed by atoms with Gasteiger partial charge in [0.15, 0.2) is 0 Å². The van der Waals surface area contributed by atoms with Crippen molar-refractivity contribution in [2.24, 2.45) is 0 Å². The zero-order chi connectivity index (χ0) is 28.4. The Bertz CT molecular complexity index is 1060. The lowest BCUT2D eigenvalue weighted by Gasteiger charge is -2.32. The van der Waals surface area contributed by atoms with E-state index >= 15 is 0 Å². The molecule has 1 atom stereocenters. The molecule has 5 nitrogen and oxygen atoms in total. The number of alkyl carbamates (subject to hydrolysis) is 1. The fourth-order valence-corrected chi connectivity index (χ4v) is 3.02. The number of hydrogen-bond donors (Lipinski definition) is 3. The number of benzene rings is 2. The van der Waals surface area contributed by atoms with Crippen LogP contribution in [0.4, 0.5) is 50.0 Å². The summed E-state index contributed by atoms with van der Waals surface area (Å²) in [6.07, 6.45) is -17.2. The summed E-state index contributed by atoms with van der Waals surface area (Å²) in [7, 11) is 0. The van der Waals surface area contributed by atoms with Crippen molar-refractivity contribution in [1.29, 1.82) is 0 Å². The molecule has 0 aromatic heterocycles. The average Bonchev–Trinajstić information content (AvgIpc) is 2.73. The first-order valence-electron chi connectivity index (χ1n) is 10.5. The van der Waals surface area contributed by atoms with Crippen molar-refractivity contribution in [2.45, 2.75) is 57.0 Å². The molecule has 0 aliphatic heterocycles. The van der Waals surface area contributed by atoms with Crippen LogP contribution in [0.25, 0.3) is 0 Å². The molecule has 3 N–H and O–H groups in total. The van der Waals surface area contributed by atoms with E-state index in [-0.39, 0.29) is 30.4 Å². The van der Waals surface area contributed by atoms with E-state index in [9.17, 15) is 49.4 Å². The topological polar surface area (TPSA) is 70.6 Å². The number of carbonyl (C=O) groups excluding carboxylic acids is 1. The largest absolute Gasteiger partial charge is 0.444 e. The summed E-state index contributed by atoms with van der Waals surface area (Å²) in [5, 5.41) is 15.0. The molecule has 2 rings (SSSR count). The Morgan fingerprint density at radius 2 is 1.27 bits per heavy atom. The Labute approximate surface area is 205 Å². The van der Waals surface area contributed by atoms with Crippen LogP contribution in [0.2, 0.25) is 0 Å². The Kier molecular flexibility index (Phi) is 8.37. The zero-order valence-corrected chi connectivity index (χ0v) is 19.6. The molecule has 1 amide bonds. The van der Waals surface area contributed by atoms with E-state index in [1.165, 1.54) is 24.3 Å². The van der Waals surface area contributed by atoms with Crippen LogP contribution in [0.1, 0.15) is 43.0 Å². The lowest BCUT2D eigenvalue weighted by Crippen LogP contribution is -2.48. The molecule has 0 saturated carbocycles. The number of carbonyl (C=O) groups is 1. The van der Waals surface area contributed by atoms with Gasteiger partial charge >= 0.3 is 24.6 Å². The Morgan fingerprint density at radius 3 is 1.68 bits per heavy atom. The minimum absolute atomic E-state index is 0.00780. The third-order valence-corrected chi connectivity index (χ3v) is 4.87. The lowest BCUT2D eigenvalue weighted by atomic mass is 9.89. The summed E-state index contributed by atoms with van der Waals surface area (Å²) in [6.45, 7) is 3.45. The molecule has 206 valence electrons. The summed E-state index contributed by atoms with van der Waals surface area (Å²) < 4.78 is 125. The summed E-state index contributed by atoms with van der Waals surface area (Å²) in [4.78, 5) is 11.7. The van der Waals surface area contributed by atoms with Gasteiger partial charge in [-0.05, 0) is 62.2 Å². The zero-order valence-electron chi connectivity index (χ0n) is 19.6. The van der Waals surface area contributed by atoms with Crippen LogP contribution in [-0.4, -0.2) is 29.5 Å². The predicted molar refractivity (Wildman–Crippen MR) is 114 cm³/mol. The summed E-state index contributed by atoms with van der Waals surface area (Å²) in [6, 6.07) is 4.59. The maximum absolute atomic E-state index is 13.8. The molecule has 2 aromatic rings. The fraction of sp³-hybridized carbons (Fsp3) is 0.435. The number of nitrogens with one attached hydrogen (secondary N) is 2. The highest BCUT2D eigenvalue weighted by Crippen LogP contribution is 2.44. The fourth-order valence-electron chi connectivity index (χ4n) is 3.02. The Morgan fingerprint density at radius 1 is 0.811 bits per heavy atom. The number of halogens is 9. The molecule has 0 saturated heterocycles. The normalized spacial score (nSPS) is 14.6. The predicted octanol–water partition coefficient (Wildman–Crippen LogP) is 6.61. The van der Waals surface area contributed by atoms with Crippen LogP contribution in [-0.2, 0) is 29.2 Å². The standard InChI is InChI=1S/C23H23F9N2O3/c1-19(2,3)37-18(35)33-11-13-4-6-17(7-5-13)34-12-20(36,23(30,31)32)14-8-15(21(24,25)26)10-16(9-14)22(27,28)29/h4-10,34,36H,11-12H2,1-3H3,(H,33,35)/t20-/m0/s1. The van der Waals surface area contributed by atoms with E-state index in [2.05, 4.69) is 10.6 Å². The molecule has 0 spiro atoms. The maximum Gasteiger partial charge on any atom is 0.423 e. The van der Waals surface area contributed by atoms with Gasteiger partial charge in [-0.3, -0.25) is 0 Å². The van der Waals surface area contributed by atoms with Gasteiger partial charge in [0, 0.05) is 12.2 Å². The van der Waals surface area contributed by atoms with Gasteiger partial charge in [-0.25, -0.2) is 4.79 Å². The van der Waals surface area contributed by atoms with Crippen molar-refractivity contribution >= 4 is 11.8 Å². The molecule has 37 heavy (non-hydrogen) atoms. The molecule has 2 aromatic carbocycles. The second kappa shape index (κ2) is 10.3. The minimum Gasteiger partial charge on any atom is -0.444 e. The first kappa shape index (κ1) is 30.1. The highest BCUT2D eigenvalue weighted by Gasteiger charge is 2.56. The summed E-state index contributed by atoms with van der Waals surface area (Å²) in [5.74, 6) is 0. The third kappa shape index (κ3) is 8.17. The summed E-state index contributed by atoms with van der Waals surface area (Å²) in [5.41, 5.74) is -10.0. The molecule has 0 aliphatic carbocycles. The first-order chi connectivity index (χ1) is 16.6. The van der Waals surface area contributed by atoms with Crippen LogP contribution >= 0.6 is 0 Å². The molecule has 0 fully saturated rings. The number of aliphatic hydroxyl groups is 1. The van der Waals surface area contributed by atoms with Gasteiger partial charge in [0.05, 0.1) is 17.7 Å². The average molecular weight is 546 g/mol. The van der Waals surface area contributed by atoms with E-state index in [1.807, 2.05) is 0 Å². The van der Waals surface area contributed by atoms with Crippen molar-refractivity contribution in [2.75, 3.05) is 11.9 Å². The molecule has 0 heterocycles. The van der Waals surface area contributed by atoms with Crippen molar-refractivity contribution in [3.8, 4) is 0 Å². The van der Waals surface area contributed by atoms with Crippen LogP contribution in [0, 0.1) is 0 Å². The van der Waals surface area contributed by atoms with E-state index < -0.39 is 59.1 Å². The van der Waals surface area contributed by atoms with Crippen molar-refractivity contribution in [3.05, 3.63) is 64.7 Å². The van der Waals surface area contributed by atoms with Gasteiger partial charge in [0.25, 0.3) is 0 Å². The van der Waals surface area contributed by atoms with Gasteiger partial charge < -0.3 is 20.5 Å². The van der Waals surface area contributed by atoms with Crippen molar-refractivity contribution in [3.63, 3.8) is 0 Å². The molecule has 14 heteroatoms. The second-order valence-electron chi connectivity index (χ2n) is 9.06. The molecule has 0 aliphatic rings. The smallest absolute Gasteiger partial charge is 0.423 e. The van der Waals surface area contributed by atoms with Gasteiger partial charge in [0.2, 0.25) is 5.60 Å². The number of rotatable bonds is 6. The third-order valence-electron chi connectivity index (χ3n) is 4.87. The van der Waals surface area contributed by atoms with Crippen molar-refractivity contribution in [1.82, 2.24) is 5.32 Å². The molecule has 0 unspecified atom stereocenters. The Balaban J connectivity index is 2.28. The quantitative estimate of drug-likeness (QED) is 0.357. The minimum atomic E-state index is -5.65. The number of ether oxygens (including phenoxy) is 1. The van der Waals surface area contributed by atoms with E-state index in [1.54, 1.807) is 20.8 Å². The molecular formula is C23H23F9N2O3. The highest BCUT2D eigenvalue weighted by atomic mass is 19.4. The number of amides is 1. The summed E-state index contributed by atoms with van der Waals surface area (Å²) >= 11 is 0. The van der Waals surface area contributed by atoms with Crippen molar-refractivity contribution < 1.29 is 54.2 Å². The second-order valence-corrected chi connectivity index (χ2v) is 9.06. The number of alkyl halides is 9. The van der Waals surface area contributed by atoms with Crippen LogP contribution in [0.5, 0.6) is 0 Å². The molecular weight excluding hydrogens is 523 g/mol. The Hall–Kier alpha value is -3.16. The number of hydrogen-bond acceptors (Lipinski definition) is 4. The van der Waals surface area contributed by atoms with Gasteiger partial charge in [0.1, 0.15) is 5.60 Å². The van der Waals surface area contributed by atoms with E-state index in [0.29, 0.717) is 5.56 Å². The van der Waals surface area contributed by atoms with Crippen LogP contribution in [0.3, 0.4) is 0 Å². The lowest BCUT2D eigenvalue weighted by molar-refractivity contribution is -0.261. The van der Waals surface area contributed by atoms with E-state index in [0.717, 1.165) is 0 Å². The van der Waals surface area contributed by atoms with E-state index in [4.69, 9.17) is 4.74 Å². The molecule has 0 radical (unpaired) electrons. The monoisotopic (exact) mass is 546 g/mol. The maximum atomic E-state index is 13.8. The highest BCUT2D eigenvalue weighted by molar-refractivity contribution is 5.67.